The third-order valence-corrected chi connectivity index (χ3v) is 3.04. The van der Waals surface area contributed by atoms with Crippen LogP contribution in [0.4, 0.5) is 5.82 Å². The first-order chi connectivity index (χ1) is 10.0. The molecule has 0 saturated heterocycles. The molecule has 0 aliphatic carbocycles. The number of carbonyl (C=O) groups is 1. The molecular formula is C14H13N5O2. The van der Waals surface area contributed by atoms with Crippen LogP contribution in [0.3, 0.4) is 0 Å². The summed E-state index contributed by atoms with van der Waals surface area (Å²) in [5, 5.41) is 9.18. The van der Waals surface area contributed by atoms with E-state index in [0.29, 0.717) is 11.5 Å². The molecule has 0 saturated carbocycles. The van der Waals surface area contributed by atoms with Crippen molar-refractivity contribution in [2.45, 2.75) is 13.8 Å². The molecule has 0 aliphatic rings. The fourth-order valence-electron chi connectivity index (χ4n) is 2.00. The van der Waals surface area contributed by atoms with Crippen molar-refractivity contribution in [3.63, 3.8) is 0 Å². The van der Waals surface area contributed by atoms with Gasteiger partial charge in [0.05, 0.1) is 0 Å². The van der Waals surface area contributed by atoms with Crippen molar-refractivity contribution < 1.29 is 4.79 Å². The molecule has 2 N–H and O–H groups in total. The molecule has 0 fully saturated rings. The van der Waals surface area contributed by atoms with Crippen molar-refractivity contribution in [3.05, 3.63) is 57.8 Å². The zero-order valence-electron chi connectivity index (χ0n) is 11.5. The third kappa shape index (κ3) is 2.40. The average molecular weight is 283 g/mol. The monoisotopic (exact) mass is 283 g/mol. The van der Waals surface area contributed by atoms with Gasteiger partial charge in [-0.2, -0.15) is 5.10 Å². The lowest BCUT2D eigenvalue weighted by atomic mass is 10.2. The molecule has 3 heterocycles. The van der Waals surface area contributed by atoms with Crippen LogP contribution in [0.15, 0.2) is 35.4 Å². The molecule has 1 amide bonds. The van der Waals surface area contributed by atoms with Gasteiger partial charge in [-0.3, -0.25) is 19.1 Å². The van der Waals surface area contributed by atoms with E-state index in [2.05, 4.69) is 20.5 Å². The minimum Gasteiger partial charge on any atom is -0.305 e. The number of pyridine rings is 1. The molecule has 0 atom stereocenters. The third-order valence-electron chi connectivity index (χ3n) is 3.04. The molecular weight excluding hydrogens is 270 g/mol. The van der Waals surface area contributed by atoms with Crippen LogP contribution < -0.4 is 10.9 Å². The molecule has 3 aromatic heterocycles. The van der Waals surface area contributed by atoms with Crippen molar-refractivity contribution in [3.8, 4) is 0 Å². The second kappa shape index (κ2) is 4.86. The molecule has 0 radical (unpaired) electrons. The lowest BCUT2D eigenvalue weighted by molar-refractivity contribution is 0.102. The number of hydrogen-bond donors (Lipinski definition) is 2. The van der Waals surface area contributed by atoms with Gasteiger partial charge in [0.15, 0.2) is 5.82 Å². The van der Waals surface area contributed by atoms with Crippen LogP contribution in [-0.4, -0.2) is 25.5 Å². The topological polar surface area (TPSA) is 92.2 Å². The Kier molecular flexibility index (Phi) is 3.02. The Labute approximate surface area is 119 Å². The summed E-state index contributed by atoms with van der Waals surface area (Å²) in [6, 6.07) is 5.26. The molecule has 106 valence electrons. The van der Waals surface area contributed by atoms with Gasteiger partial charge in [-0.1, -0.05) is 6.07 Å². The van der Waals surface area contributed by atoms with Crippen LogP contribution in [0.25, 0.3) is 5.65 Å². The smallest absolute Gasteiger partial charge is 0.270 e. The molecule has 0 spiro atoms. The normalized spacial score (nSPS) is 10.8. The minimum atomic E-state index is -0.532. The van der Waals surface area contributed by atoms with E-state index in [1.807, 2.05) is 19.9 Å². The van der Waals surface area contributed by atoms with E-state index in [9.17, 15) is 9.59 Å². The van der Waals surface area contributed by atoms with Gasteiger partial charge < -0.3 is 5.32 Å². The quantitative estimate of drug-likeness (QED) is 0.741. The Morgan fingerprint density at radius 1 is 1.33 bits per heavy atom. The maximum absolute atomic E-state index is 12.4. The van der Waals surface area contributed by atoms with Crippen molar-refractivity contribution in [1.82, 2.24) is 19.6 Å². The number of nitrogens with zero attached hydrogens (tertiary/aromatic N) is 3. The highest BCUT2D eigenvalue weighted by molar-refractivity contribution is 6.03. The van der Waals surface area contributed by atoms with E-state index in [0.717, 1.165) is 11.3 Å². The molecule has 0 aliphatic heterocycles. The van der Waals surface area contributed by atoms with Crippen LogP contribution in [0.1, 0.15) is 21.6 Å². The standard InChI is InChI=1S/C14H13N5O2/c1-8-3-4-12-15-6-10(14(21)19(12)7-8)13(20)16-11-5-9(2)17-18-11/h3-7H,1-2H3,(H2,16,17,18,20). The highest BCUT2D eigenvalue weighted by Crippen LogP contribution is 2.06. The molecule has 7 heteroatoms. The second-order valence-corrected chi connectivity index (χ2v) is 4.80. The number of H-pyrrole nitrogens is 1. The first-order valence-corrected chi connectivity index (χ1v) is 6.36. The molecule has 3 rings (SSSR count). The Morgan fingerprint density at radius 2 is 2.14 bits per heavy atom. The van der Waals surface area contributed by atoms with Gasteiger partial charge in [0.1, 0.15) is 11.2 Å². The zero-order chi connectivity index (χ0) is 15.0. The lowest BCUT2D eigenvalue weighted by Gasteiger charge is -2.04. The predicted octanol–water partition coefficient (Wildman–Crippen LogP) is 1.29. The Hall–Kier alpha value is -2.96. The summed E-state index contributed by atoms with van der Waals surface area (Å²) < 4.78 is 1.36. The summed E-state index contributed by atoms with van der Waals surface area (Å²) in [6.07, 6.45) is 2.93. The predicted molar refractivity (Wildman–Crippen MR) is 77.5 cm³/mol. The zero-order valence-corrected chi connectivity index (χ0v) is 11.5. The maximum Gasteiger partial charge on any atom is 0.270 e. The SMILES string of the molecule is Cc1ccc2ncc(C(=O)Nc3cc(C)[nH]n3)c(=O)n2c1. The summed E-state index contributed by atoms with van der Waals surface area (Å²) in [7, 11) is 0. The van der Waals surface area contributed by atoms with Crippen molar-refractivity contribution in [1.29, 1.82) is 0 Å². The van der Waals surface area contributed by atoms with E-state index < -0.39 is 11.5 Å². The summed E-state index contributed by atoms with van der Waals surface area (Å²) in [6.45, 7) is 3.68. The summed E-state index contributed by atoms with van der Waals surface area (Å²) in [5.41, 5.74) is 1.78. The summed E-state index contributed by atoms with van der Waals surface area (Å²) in [4.78, 5) is 28.6. The number of hydrogen-bond acceptors (Lipinski definition) is 4. The number of anilines is 1. The lowest BCUT2D eigenvalue weighted by Crippen LogP contribution is -2.26. The van der Waals surface area contributed by atoms with Crippen molar-refractivity contribution in [2.24, 2.45) is 0 Å². The number of aryl methyl sites for hydroxylation is 2. The van der Waals surface area contributed by atoms with Gasteiger partial charge >= 0.3 is 0 Å². The van der Waals surface area contributed by atoms with E-state index in [-0.39, 0.29) is 5.56 Å². The van der Waals surface area contributed by atoms with Gasteiger partial charge in [-0.25, -0.2) is 4.98 Å². The maximum atomic E-state index is 12.4. The van der Waals surface area contributed by atoms with Crippen molar-refractivity contribution >= 4 is 17.4 Å². The number of aromatic nitrogens is 4. The van der Waals surface area contributed by atoms with Crippen LogP contribution in [0.5, 0.6) is 0 Å². The number of rotatable bonds is 2. The Bertz CT molecular complexity index is 894. The average Bonchev–Trinajstić information content (AvgIpc) is 2.85. The summed E-state index contributed by atoms with van der Waals surface area (Å²) >= 11 is 0. The van der Waals surface area contributed by atoms with Crippen LogP contribution in [0.2, 0.25) is 0 Å². The van der Waals surface area contributed by atoms with Crippen molar-refractivity contribution in [2.75, 3.05) is 5.32 Å². The second-order valence-electron chi connectivity index (χ2n) is 4.80. The highest BCUT2D eigenvalue weighted by Gasteiger charge is 2.14. The number of amides is 1. The molecule has 0 aromatic carbocycles. The van der Waals surface area contributed by atoms with E-state index in [4.69, 9.17) is 0 Å². The van der Waals surface area contributed by atoms with E-state index in [1.165, 1.54) is 10.6 Å². The molecule has 0 bridgehead atoms. The molecule has 0 unspecified atom stereocenters. The highest BCUT2D eigenvalue weighted by atomic mass is 16.2. The van der Waals surface area contributed by atoms with Gasteiger partial charge in [-0.05, 0) is 25.5 Å². The first-order valence-electron chi connectivity index (χ1n) is 6.36. The van der Waals surface area contributed by atoms with Gasteiger partial charge in [-0.15, -0.1) is 0 Å². The van der Waals surface area contributed by atoms with Crippen LogP contribution >= 0.6 is 0 Å². The van der Waals surface area contributed by atoms with Gasteiger partial charge in [0, 0.05) is 24.2 Å². The molecule has 21 heavy (non-hydrogen) atoms. The summed E-state index contributed by atoms with van der Waals surface area (Å²) in [5.74, 6) is -0.166. The Morgan fingerprint density at radius 3 is 2.86 bits per heavy atom. The van der Waals surface area contributed by atoms with E-state index in [1.54, 1.807) is 18.3 Å². The fourth-order valence-corrected chi connectivity index (χ4v) is 2.00. The van der Waals surface area contributed by atoms with Crippen LogP contribution in [-0.2, 0) is 0 Å². The number of fused-ring (bicyclic) bond motifs is 1. The number of aromatic amines is 1. The Balaban J connectivity index is 2.02. The number of nitrogens with one attached hydrogen (secondary N) is 2. The van der Waals surface area contributed by atoms with Crippen LogP contribution in [0, 0.1) is 13.8 Å². The minimum absolute atomic E-state index is 0.0289. The molecule has 7 nitrogen and oxygen atoms in total. The number of carbonyl (C=O) groups excluding carboxylic acids is 1. The van der Waals surface area contributed by atoms with Gasteiger partial charge in [0.25, 0.3) is 11.5 Å². The largest absolute Gasteiger partial charge is 0.305 e. The van der Waals surface area contributed by atoms with Gasteiger partial charge in [0.2, 0.25) is 0 Å². The van der Waals surface area contributed by atoms with E-state index >= 15 is 0 Å². The first kappa shape index (κ1) is 13.0. The fraction of sp³-hybridized carbons (Fsp3) is 0.143. The molecule has 3 aromatic rings.